The fraction of sp³-hybridized carbons (Fsp3) is 0.615. The number of hydrogen-bond donors (Lipinski definition) is 2. The summed E-state index contributed by atoms with van der Waals surface area (Å²) in [5, 5.41) is 9.66. The van der Waals surface area contributed by atoms with Crippen LogP contribution in [0.25, 0.3) is 0 Å². The molecule has 0 spiro atoms. The molecule has 4 atom stereocenters. The highest BCUT2D eigenvalue weighted by Crippen LogP contribution is 2.37. The Hall–Kier alpha value is -3.34. The van der Waals surface area contributed by atoms with Gasteiger partial charge in [0, 0.05) is 18.3 Å². The summed E-state index contributed by atoms with van der Waals surface area (Å²) >= 11 is 0. The molecule has 0 aliphatic heterocycles. The lowest BCUT2D eigenvalue weighted by Crippen LogP contribution is -2.42. The van der Waals surface area contributed by atoms with Crippen molar-refractivity contribution in [3.63, 3.8) is 0 Å². The molecule has 3 N–H and O–H groups in total. The molecule has 0 radical (unpaired) electrons. The maximum Gasteiger partial charge on any atom is 0.513 e. The van der Waals surface area contributed by atoms with Crippen LogP contribution in [0.15, 0.2) is 18.2 Å². The third-order valence-electron chi connectivity index (χ3n) is 5.39. The molecule has 0 aromatic heterocycles. The number of rotatable bonds is 13. The van der Waals surface area contributed by atoms with Crippen LogP contribution in [-0.4, -0.2) is 54.7 Å². The predicted octanol–water partition coefficient (Wildman–Crippen LogP) is 4.50. The van der Waals surface area contributed by atoms with Crippen LogP contribution in [0, 0.1) is 17.8 Å². The number of nitrogens with two attached hydrogens (primary N) is 1. The zero-order chi connectivity index (χ0) is 28.3. The Labute approximate surface area is 217 Å². The molecule has 1 rings (SSSR count). The van der Waals surface area contributed by atoms with Crippen molar-refractivity contribution in [1.82, 2.24) is 0 Å². The van der Waals surface area contributed by atoms with Gasteiger partial charge in [0.1, 0.15) is 12.1 Å². The van der Waals surface area contributed by atoms with E-state index in [1.54, 1.807) is 20.8 Å². The Bertz CT molecular complexity index is 930. The fourth-order valence-electron chi connectivity index (χ4n) is 3.29. The molecule has 1 aromatic rings. The summed E-state index contributed by atoms with van der Waals surface area (Å²) in [6.45, 7) is 12.6. The maximum atomic E-state index is 12.3. The first-order chi connectivity index (χ1) is 17.3. The minimum atomic E-state index is -1.39. The van der Waals surface area contributed by atoms with Gasteiger partial charge in [0.2, 0.25) is 0 Å². The number of benzene rings is 1. The van der Waals surface area contributed by atoms with E-state index in [2.05, 4.69) is 0 Å². The van der Waals surface area contributed by atoms with Crippen molar-refractivity contribution in [1.29, 1.82) is 0 Å². The Morgan fingerprint density at radius 3 is 1.84 bits per heavy atom. The van der Waals surface area contributed by atoms with Crippen molar-refractivity contribution in [2.24, 2.45) is 23.5 Å². The van der Waals surface area contributed by atoms with Gasteiger partial charge in [0.15, 0.2) is 11.5 Å². The molecule has 11 heteroatoms. The zero-order valence-corrected chi connectivity index (χ0v) is 22.5. The molecule has 0 saturated heterocycles. The molecule has 0 fully saturated rings. The molecule has 208 valence electrons. The summed E-state index contributed by atoms with van der Waals surface area (Å²) in [6, 6.07) is 2.80. The van der Waals surface area contributed by atoms with Gasteiger partial charge >= 0.3 is 24.2 Å². The van der Waals surface area contributed by atoms with E-state index < -0.39 is 48.2 Å². The van der Waals surface area contributed by atoms with Crippen LogP contribution in [-0.2, 0) is 23.8 Å². The minimum Gasteiger partial charge on any atom is -0.480 e. The Morgan fingerprint density at radius 2 is 1.38 bits per heavy atom. The van der Waals surface area contributed by atoms with Crippen molar-refractivity contribution >= 4 is 24.2 Å². The molecular formula is C26H39NO10. The van der Waals surface area contributed by atoms with E-state index in [1.807, 2.05) is 27.7 Å². The molecule has 0 aliphatic carbocycles. The van der Waals surface area contributed by atoms with E-state index in [1.165, 1.54) is 18.2 Å². The number of carboxylic acids is 1. The van der Waals surface area contributed by atoms with Crippen molar-refractivity contribution in [2.75, 3.05) is 13.2 Å². The molecule has 3 unspecified atom stereocenters. The van der Waals surface area contributed by atoms with E-state index in [4.69, 9.17) is 29.4 Å². The number of carbonyl (C=O) groups excluding carboxylic acids is 3. The van der Waals surface area contributed by atoms with Gasteiger partial charge in [-0.15, -0.1) is 0 Å². The third kappa shape index (κ3) is 10.7. The Morgan fingerprint density at radius 1 is 0.865 bits per heavy atom. The Balaban J connectivity index is 3.41. The quantitative estimate of drug-likeness (QED) is 0.212. The normalized spacial score (nSPS) is 14.3. The number of esters is 1. The van der Waals surface area contributed by atoms with Crippen LogP contribution in [0.3, 0.4) is 0 Å². The first-order valence-electron chi connectivity index (χ1n) is 12.3. The van der Waals surface area contributed by atoms with Crippen LogP contribution in [0.1, 0.15) is 66.4 Å². The van der Waals surface area contributed by atoms with Gasteiger partial charge in [-0.25, -0.2) is 9.59 Å². The average Bonchev–Trinajstić information content (AvgIpc) is 2.82. The highest BCUT2D eigenvalue weighted by Gasteiger charge is 2.35. The first-order valence-corrected chi connectivity index (χ1v) is 12.3. The van der Waals surface area contributed by atoms with Crippen LogP contribution in [0.2, 0.25) is 0 Å². The second kappa shape index (κ2) is 15.0. The van der Waals surface area contributed by atoms with Gasteiger partial charge in [-0.1, -0.05) is 47.6 Å². The highest BCUT2D eigenvalue weighted by atomic mass is 16.7. The first kappa shape index (κ1) is 31.7. The zero-order valence-electron chi connectivity index (χ0n) is 22.5. The van der Waals surface area contributed by atoms with Crippen LogP contribution >= 0.6 is 0 Å². The number of carboxylic acid groups (broad SMARTS) is 1. The second-order valence-corrected chi connectivity index (χ2v) is 9.62. The maximum absolute atomic E-state index is 12.3. The molecular weight excluding hydrogens is 486 g/mol. The average molecular weight is 526 g/mol. The van der Waals surface area contributed by atoms with Gasteiger partial charge < -0.3 is 34.5 Å². The van der Waals surface area contributed by atoms with Gasteiger partial charge in [0.05, 0.1) is 13.2 Å². The Kier molecular flexibility index (Phi) is 12.9. The number of carbonyl (C=O) groups is 4. The molecule has 0 amide bonds. The van der Waals surface area contributed by atoms with Crippen molar-refractivity contribution < 1.29 is 48.0 Å². The van der Waals surface area contributed by atoms with Crippen LogP contribution in [0.4, 0.5) is 9.59 Å². The van der Waals surface area contributed by atoms with Crippen molar-refractivity contribution in [3.05, 3.63) is 23.8 Å². The standard InChI is InChI=1S/C26H39NO10/c1-8-21(28)35-17(7)16(6)22(23(27)24(29)30)18-9-10-19(36-25(31)33-12-14(2)3)20(11-18)37-26(32)34-13-15(4)5/h9-11,14-17,22-23H,8,12-13,27H2,1-7H3,(H,29,30)/t16?,17?,22?,23-/m0/s1. The summed E-state index contributed by atoms with van der Waals surface area (Å²) in [7, 11) is 0. The summed E-state index contributed by atoms with van der Waals surface area (Å²) < 4.78 is 26.0. The monoisotopic (exact) mass is 525 g/mol. The number of ether oxygens (including phenoxy) is 5. The van der Waals surface area contributed by atoms with Crippen LogP contribution < -0.4 is 15.2 Å². The van der Waals surface area contributed by atoms with Gasteiger partial charge in [-0.2, -0.15) is 0 Å². The lowest BCUT2D eigenvalue weighted by molar-refractivity contribution is -0.150. The fourth-order valence-corrected chi connectivity index (χ4v) is 3.29. The molecule has 0 heterocycles. The summed E-state index contributed by atoms with van der Waals surface area (Å²) in [5.41, 5.74) is 6.39. The predicted molar refractivity (Wildman–Crippen MR) is 133 cm³/mol. The molecule has 0 saturated carbocycles. The third-order valence-corrected chi connectivity index (χ3v) is 5.39. The smallest absolute Gasteiger partial charge is 0.480 e. The van der Waals surface area contributed by atoms with Gasteiger partial charge in [-0.3, -0.25) is 9.59 Å². The van der Waals surface area contributed by atoms with E-state index in [0.717, 1.165) is 0 Å². The molecule has 0 bridgehead atoms. The number of aliphatic carboxylic acids is 1. The lowest BCUT2D eigenvalue weighted by atomic mass is 9.79. The van der Waals surface area contributed by atoms with Gasteiger partial charge in [0.25, 0.3) is 0 Å². The minimum absolute atomic E-state index is 0.0479. The van der Waals surface area contributed by atoms with Gasteiger partial charge in [-0.05, 0) is 36.5 Å². The molecule has 37 heavy (non-hydrogen) atoms. The topological polar surface area (TPSA) is 161 Å². The van der Waals surface area contributed by atoms with E-state index in [9.17, 15) is 24.3 Å². The second-order valence-electron chi connectivity index (χ2n) is 9.62. The van der Waals surface area contributed by atoms with Crippen molar-refractivity contribution in [2.45, 2.75) is 73.0 Å². The van der Waals surface area contributed by atoms with E-state index >= 15 is 0 Å². The summed E-state index contributed by atoms with van der Waals surface area (Å²) in [5.74, 6) is -3.35. The van der Waals surface area contributed by atoms with Crippen LogP contribution in [0.5, 0.6) is 11.5 Å². The molecule has 0 aliphatic rings. The van der Waals surface area contributed by atoms with Crippen molar-refractivity contribution in [3.8, 4) is 11.5 Å². The molecule has 11 nitrogen and oxygen atoms in total. The number of hydrogen-bond acceptors (Lipinski definition) is 10. The van der Waals surface area contributed by atoms with E-state index in [-0.39, 0.29) is 43.0 Å². The lowest BCUT2D eigenvalue weighted by Gasteiger charge is -2.31. The highest BCUT2D eigenvalue weighted by molar-refractivity contribution is 5.75. The van der Waals surface area contributed by atoms with E-state index in [0.29, 0.717) is 5.56 Å². The summed E-state index contributed by atoms with van der Waals surface area (Å²) in [4.78, 5) is 48.1. The SMILES string of the molecule is CCC(=O)OC(C)C(C)C(c1ccc(OC(=O)OCC(C)C)c(OC(=O)OCC(C)C)c1)[C@H](N)C(=O)O. The summed E-state index contributed by atoms with van der Waals surface area (Å²) in [6.07, 6.45) is -2.56. The largest absolute Gasteiger partial charge is 0.513 e. The molecule has 1 aromatic carbocycles.